The molecule has 0 aliphatic carbocycles. The Hall–Kier alpha value is -4.72. The molecule has 0 aliphatic rings. The summed E-state index contributed by atoms with van der Waals surface area (Å²) < 4.78 is 11.3. The number of alkyl carbamates (subject to hydrolysis) is 1. The number of hydrogen-bond acceptors (Lipinski definition) is 10. The van der Waals surface area contributed by atoms with Crippen LogP contribution < -0.4 is 25.8 Å². The molecule has 0 saturated heterocycles. The van der Waals surface area contributed by atoms with Crippen LogP contribution in [0.1, 0.15) is 58.4 Å². The van der Waals surface area contributed by atoms with Gasteiger partial charge in [-0.05, 0) is 74.4 Å². The summed E-state index contributed by atoms with van der Waals surface area (Å²) in [5.74, 6) is 0.0575. The number of hydrogen-bond donors (Lipinski definition) is 5. The molecule has 1 aromatic heterocycles. The van der Waals surface area contributed by atoms with Gasteiger partial charge in [0.05, 0.1) is 30.9 Å². The van der Waals surface area contributed by atoms with Gasteiger partial charge in [0.15, 0.2) is 0 Å². The fraction of sp³-hybridized carbons (Fsp3) is 0.500. The molecule has 0 bridgehead atoms. The molecular formula is C40H56N5O8-. The summed E-state index contributed by atoms with van der Waals surface area (Å²) in [6.07, 6.45) is -1.50. The van der Waals surface area contributed by atoms with Crippen LogP contribution in [0.15, 0.2) is 79.0 Å². The third-order valence-electron chi connectivity index (χ3n) is 8.44. The Bertz CT molecular complexity index is 1560. The van der Waals surface area contributed by atoms with Gasteiger partial charge in [-0.1, -0.05) is 69.3 Å². The Labute approximate surface area is 313 Å². The number of rotatable bonds is 18. The van der Waals surface area contributed by atoms with E-state index in [1.54, 1.807) is 59.9 Å². The number of pyridine rings is 1. The number of carbonyl (C=O) groups excluding carboxylic acids is 3. The number of likely N-dealkylation sites (N-methyl/N-ethyl adjacent to an activating group) is 1. The van der Waals surface area contributed by atoms with Crippen molar-refractivity contribution in [3.8, 4) is 5.75 Å². The quantitative estimate of drug-likeness (QED) is 0.130. The SMILES string of the molecule is CN(C(=O)[O-])[C@H](C(=O)N[C@@H](Cc1ccc(OCCc2ccccn2)cc1)[C@H](O)CNC[C@@H](O)[C@H](Cc1ccccc1)NC(=O)OC(C)(C)C)C(C)(C)C. The number of benzene rings is 2. The Morgan fingerprint density at radius 2 is 1.38 bits per heavy atom. The molecule has 0 spiro atoms. The summed E-state index contributed by atoms with van der Waals surface area (Å²) in [4.78, 5) is 43.3. The maximum absolute atomic E-state index is 13.7. The van der Waals surface area contributed by atoms with Crippen LogP contribution in [0.5, 0.6) is 5.75 Å². The van der Waals surface area contributed by atoms with E-state index in [9.17, 15) is 29.7 Å². The van der Waals surface area contributed by atoms with E-state index in [4.69, 9.17) is 9.47 Å². The average molecular weight is 735 g/mol. The van der Waals surface area contributed by atoms with E-state index < -0.39 is 59.4 Å². The van der Waals surface area contributed by atoms with Gasteiger partial charge in [-0.25, -0.2) is 4.79 Å². The number of nitrogens with one attached hydrogen (secondary N) is 3. The van der Waals surface area contributed by atoms with E-state index in [0.29, 0.717) is 25.2 Å². The molecule has 0 aliphatic heterocycles. The van der Waals surface area contributed by atoms with Crippen LogP contribution in [0.3, 0.4) is 0 Å². The lowest BCUT2D eigenvalue weighted by atomic mass is 9.85. The van der Waals surface area contributed by atoms with Gasteiger partial charge in [0, 0.05) is 38.4 Å². The fourth-order valence-corrected chi connectivity index (χ4v) is 5.87. The number of aliphatic hydroxyl groups excluding tert-OH is 2. The Kier molecular flexibility index (Phi) is 16.1. The predicted octanol–water partition coefficient (Wildman–Crippen LogP) is 2.87. The molecule has 2 aromatic carbocycles. The molecule has 53 heavy (non-hydrogen) atoms. The molecule has 0 fully saturated rings. The van der Waals surface area contributed by atoms with Gasteiger partial charge in [-0.3, -0.25) is 9.78 Å². The van der Waals surface area contributed by atoms with E-state index in [2.05, 4.69) is 20.9 Å². The van der Waals surface area contributed by atoms with Crippen molar-refractivity contribution in [2.75, 3.05) is 26.7 Å². The number of carbonyl (C=O) groups is 3. The molecule has 0 radical (unpaired) electrons. The molecule has 3 rings (SSSR count). The smallest absolute Gasteiger partial charge is 0.407 e. The monoisotopic (exact) mass is 734 g/mol. The second-order valence-electron chi connectivity index (χ2n) is 15.3. The summed E-state index contributed by atoms with van der Waals surface area (Å²) in [5, 5.41) is 43.2. The molecular weight excluding hydrogens is 678 g/mol. The highest BCUT2D eigenvalue weighted by molar-refractivity contribution is 5.86. The van der Waals surface area contributed by atoms with Crippen molar-refractivity contribution in [3.63, 3.8) is 0 Å². The predicted molar refractivity (Wildman–Crippen MR) is 200 cm³/mol. The number of ether oxygens (including phenoxy) is 2. The Balaban J connectivity index is 1.73. The van der Waals surface area contributed by atoms with E-state index in [0.717, 1.165) is 21.7 Å². The first-order valence-corrected chi connectivity index (χ1v) is 17.9. The van der Waals surface area contributed by atoms with Crippen molar-refractivity contribution < 1.29 is 39.2 Å². The lowest BCUT2D eigenvalue weighted by Crippen LogP contribution is -2.60. The third kappa shape index (κ3) is 15.0. The third-order valence-corrected chi connectivity index (χ3v) is 8.44. The van der Waals surface area contributed by atoms with Gasteiger partial charge in [0.2, 0.25) is 5.91 Å². The first-order chi connectivity index (χ1) is 24.9. The standard InChI is InChI=1S/C40H57N5O8/c1-39(2,3)35(45(7)38(50)51)36(48)43-31(24-28-16-18-30(19-17-28)52-22-20-29-15-11-12-21-42-29)33(46)25-41-26-34(47)32(23-27-13-9-8-10-14-27)44-37(49)53-40(4,5)6/h8-19,21,31-35,41,46-47H,20,22-26H2,1-7H3,(H,43,48)(H,44,49)(H,50,51)/p-1/t31-,32-,33+,34+,35+/m0/s1. The molecule has 3 amide bonds. The average Bonchev–Trinajstić information content (AvgIpc) is 3.07. The van der Waals surface area contributed by atoms with E-state index in [1.165, 1.54) is 7.05 Å². The fourth-order valence-electron chi connectivity index (χ4n) is 5.87. The number of aromatic nitrogens is 1. The van der Waals surface area contributed by atoms with E-state index >= 15 is 0 Å². The molecule has 0 unspecified atom stereocenters. The molecule has 3 aromatic rings. The molecule has 290 valence electrons. The second-order valence-corrected chi connectivity index (χ2v) is 15.3. The van der Waals surface area contributed by atoms with Gasteiger partial charge >= 0.3 is 6.09 Å². The van der Waals surface area contributed by atoms with Crippen molar-refractivity contribution >= 4 is 18.1 Å². The Morgan fingerprint density at radius 3 is 1.91 bits per heavy atom. The van der Waals surface area contributed by atoms with Crippen molar-refractivity contribution in [2.45, 2.75) is 96.7 Å². The van der Waals surface area contributed by atoms with Crippen molar-refractivity contribution in [1.29, 1.82) is 0 Å². The molecule has 1 heterocycles. The first kappa shape index (κ1) is 42.7. The maximum atomic E-state index is 13.7. The first-order valence-electron chi connectivity index (χ1n) is 17.9. The largest absolute Gasteiger partial charge is 0.530 e. The van der Waals surface area contributed by atoms with Crippen molar-refractivity contribution in [1.82, 2.24) is 25.8 Å². The topological polar surface area (TPSA) is 185 Å². The van der Waals surface area contributed by atoms with Crippen LogP contribution in [-0.2, 0) is 28.8 Å². The Morgan fingerprint density at radius 1 is 0.811 bits per heavy atom. The molecule has 5 N–H and O–H groups in total. The maximum Gasteiger partial charge on any atom is 0.407 e. The molecule has 5 atom stereocenters. The van der Waals surface area contributed by atoms with Crippen LogP contribution in [0.2, 0.25) is 0 Å². The van der Waals surface area contributed by atoms with Crippen LogP contribution in [0, 0.1) is 5.41 Å². The minimum absolute atomic E-state index is 0.00635. The zero-order valence-electron chi connectivity index (χ0n) is 31.9. The van der Waals surface area contributed by atoms with Crippen LogP contribution >= 0.6 is 0 Å². The van der Waals surface area contributed by atoms with Gasteiger partial charge in [0.25, 0.3) is 0 Å². The van der Waals surface area contributed by atoms with Gasteiger partial charge in [0.1, 0.15) is 23.5 Å². The molecule has 0 saturated carbocycles. The summed E-state index contributed by atoms with van der Waals surface area (Å²) in [7, 11) is 1.28. The minimum Gasteiger partial charge on any atom is -0.530 e. The molecule has 13 heteroatoms. The highest BCUT2D eigenvalue weighted by Crippen LogP contribution is 2.24. The summed E-state index contributed by atoms with van der Waals surface area (Å²) in [6, 6.07) is 19.7. The highest BCUT2D eigenvalue weighted by atomic mass is 16.6. The van der Waals surface area contributed by atoms with Gasteiger partial charge in [-0.2, -0.15) is 0 Å². The zero-order valence-corrected chi connectivity index (χ0v) is 31.9. The lowest BCUT2D eigenvalue weighted by molar-refractivity contribution is -0.267. The highest BCUT2D eigenvalue weighted by Gasteiger charge is 2.37. The molecule has 13 nitrogen and oxygen atoms in total. The number of nitrogens with zero attached hydrogens (tertiary/aromatic N) is 2. The van der Waals surface area contributed by atoms with Crippen LogP contribution in [0.4, 0.5) is 9.59 Å². The van der Waals surface area contributed by atoms with Gasteiger partial charge in [-0.15, -0.1) is 0 Å². The number of aliphatic hydroxyl groups is 2. The van der Waals surface area contributed by atoms with Crippen LogP contribution in [-0.4, -0.2) is 101 Å². The van der Waals surface area contributed by atoms with Crippen LogP contribution in [0.25, 0.3) is 0 Å². The minimum atomic E-state index is -1.50. The van der Waals surface area contributed by atoms with Gasteiger partial charge < -0.3 is 50.4 Å². The zero-order chi connectivity index (χ0) is 39.2. The van der Waals surface area contributed by atoms with Crippen molar-refractivity contribution in [3.05, 3.63) is 95.8 Å². The summed E-state index contributed by atoms with van der Waals surface area (Å²) >= 11 is 0. The summed E-state index contributed by atoms with van der Waals surface area (Å²) in [6.45, 7) is 10.9. The van der Waals surface area contributed by atoms with Crippen molar-refractivity contribution in [2.24, 2.45) is 5.41 Å². The van der Waals surface area contributed by atoms with E-state index in [-0.39, 0.29) is 19.5 Å². The normalized spacial score (nSPS) is 14.6. The number of carboxylic acid groups (broad SMARTS) is 1. The van der Waals surface area contributed by atoms with E-state index in [1.807, 2.05) is 60.7 Å². The second kappa shape index (κ2) is 19.9. The number of amides is 3. The lowest BCUT2D eigenvalue weighted by Gasteiger charge is -2.39. The summed E-state index contributed by atoms with van der Waals surface area (Å²) in [5.41, 5.74) is 1.08.